The van der Waals surface area contributed by atoms with Crippen LogP contribution in [0.1, 0.15) is 28.7 Å². The van der Waals surface area contributed by atoms with E-state index in [4.69, 9.17) is 11.6 Å². The lowest BCUT2D eigenvalue weighted by molar-refractivity contribution is -0.141. The molecule has 0 radical (unpaired) electrons. The molecule has 1 atom stereocenters. The van der Waals surface area contributed by atoms with Crippen LogP contribution in [0.5, 0.6) is 0 Å². The van der Waals surface area contributed by atoms with Crippen LogP contribution >= 0.6 is 27.5 Å². The molecule has 2 aromatic heterocycles. The van der Waals surface area contributed by atoms with E-state index in [1.807, 2.05) is 0 Å². The molecule has 0 aromatic carbocycles. The summed E-state index contributed by atoms with van der Waals surface area (Å²) in [5.74, 6) is -0.655. The predicted molar refractivity (Wildman–Crippen MR) is 82.9 cm³/mol. The average Bonchev–Trinajstić information content (AvgIpc) is 2.77. The second-order valence-electron chi connectivity index (χ2n) is 5.28. The second kappa shape index (κ2) is 5.32. The minimum Gasteiger partial charge on any atom is -0.324 e. The van der Waals surface area contributed by atoms with E-state index in [-0.39, 0.29) is 20.8 Å². The molecule has 1 N–H and O–H groups in total. The fourth-order valence-corrected chi connectivity index (χ4v) is 3.44. The Kier molecular flexibility index (Phi) is 3.76. The first-order valence-corrected chi connectivity index (χ1v) is 7.70. The lowest BCUT2D eigenvalue weighted by Gasteiger charge is -2.28. The maximum atomic E-state index is 12.9. The van der Waals surface area contributed by atoms with Gasteiger partial charge in [0.15, 0.2) is 0 Å². The van der Waals surface area contributed by atoms with Crippen molar-refractivity contribution in [3.05, 3.63) is 61.2 Å². The van der Waals surface area contributed by atoms with Gasteiger partial charge in [-0.1, -0.05) is 11.6 Å². The SMILES string of the molecule is CC1(c2ccnc(C(F)(F)F)c2)NC(=O)c2c(Cl)cc(Br)c(=O)n21. The molecule has 5 nitrogen and oxygen atoms in total. The van der Waals surface area contributed by atoms with Gasteiger partial charge in [-0.2, -0.15) is 13.2 Å². The first kappa shape index (κ1) is 17.0. The molecule has 2 aromatic rings. The van der Waals surface area contributed by atoms with Crippen molar-refractivity contribution in [1.82, 2.24) is 14.9 Å². The number of pyridine rings is 2. The van der Waals surface area contributed by atoms with E-state index >= 15 is 0 Å². The van der Waals surface area contributed by atoms with Gasteiger partial charge >= 0.3 is 6.18 Å². The van der Waals surface area contributed by atoms with Gasteiger partial charge in [0.25, 0.3) is 11.5 Å². The highest BCUT2D eigenvalue weighted by molar-refractivity contribution is 9.10. The zero-order chi connectivity index (χ0) is 17.9. The van der Waals surface area contributed by atoms with Gasteiger partial charge in [-0.3, -0.25) is 19.1 Å². The Labute approximate surface area is 146 Å². The predicted octanol–water partition coefficient (Wildman–Crippen LogP) is 3.14. The smallest absolute Gasteiger partial charge is 0.324 e. The van der Waals surface area contributed by atoms with Crippen LogP contribution in [0.2, 0.25) is 5.02 Å². The lowest BCUT2D eigenvalue weighted by atomic mass is 10.0. The van der Waals surface area contributed by atoms with Crippen molar-refractivity contribution >= 4 is 33.4 Å². The summed E-state index contributed by atoms with van der Waals surface area (Å²) in [5, 5.41) is 2.53. The maximum Gasteiger partial charge on any atom is 0.433 e. The van der Waals surface area contributed by atoms with E-state index in [0.717, 1.165) is 16.8 Å². The van der Waals surface area contributed by atoms with Crippen LogP contribution in [0.3, 0.4) is 0 Å². The number of carbonyl (C=O) groups excluding carboxylic acids is 1. The van der Waals surface area contributed by atoms with Crippen molar-refractivity contribution < 1.29 is 18.0 Å². The number of nitrogens with one attached hydrogen (secondary N) is 1. The maximum absolute atomic E-state index is 12.9. The van der Waals surface area contributed by atoms with Gasteiger partial charge < -0.3 is 5.32 Å². The summed E-state index contributed by atoms with van der Waals surface area (Å²) in [6.45, 7) is 1.42. The fourth-order valence-electron chi connectivity index (χ4n) is 2.62. The molecule has 0 fully saturated rings. The van der Waals surface area contributed by atoms with Crippen LogP contribution in [0.15, 0.2) is 33.7 Å². The molecule has 0 spiro atoms. The van der Waals surface area contributed by atoms with E-state index in [2.05, 4.69) is 26.2 Å². The van der Waals surface area contributed by atoms with Gasteiger partial charge in [0.1, 0.15) is 17.1 Å². The minimum atomic E-state index is -4.66. The van der Waals surface area contributed by atoms with Crippen molar-refractivity contribution in [2.75, 3.05) is 0 Å². The van der Waals surface area contributed by atoms with Crippen LogP contribution < -0.4 is 10.9 Å². The highest BCUT2D eigenvalue weighted by Gasteiger charge is 2.44. The lowest BCUT2D eigenvalue weighted by Crippen LogP contribution is -2.46. The van der Waals surface area contributed by atoms with Crippen LogP contribution in [-0.4, -0.2) is 15.5 Å². The summed E-state index contributed by atoms with van der Waals surface area (Å²) in [7, 11) is 0. The van der Waals surface area contributed by atoms with Gasteiger partial charge in [0, 0.05) is 11.8 Å². The van der Waals surface area contributed by atoms with Crippen molar-refractivity contribution in [2.45, 2.75) is 18.8 Å². The highest BCUT2D eigenvalue weighted by atomic mass is 79.9. The Morgan fingerprint density at radius 2 is 2.00 bits per heavy atom. The topological polar surface area (TPSA) is 64.0 Å². The number of hydrogen-bond acceptors (Lipinski definition) is 3. The quantitative estimate of drug-likeness (QED) is 0.768. The average molecular weight is 423 g/mol. The molecule has 24 heavy (non-hydrogen) atoms. The number of fused-ring (bicyclic) bond motifs is 1. The number of aromatic nitrogens is 2. The zero-order valence-electron chi connectivity index (χ0n) is 11.9. The standard InChI is InChI=1S/C14H8BrClF3N3O2/c1-13(6-2-3-20-9(4-6)14(17,18)19)21-11(23)10-8(16)5-7(15)12(24)22(10)13/h2-5H,1H3,(H,21,23). The Morgan fingerprint density at radius 3 is 2.62 bits per heavy atom. The van der Waals surface area contributed by atoms with Crippen molar-refractivity contribution in [2.24, 2.45) is 0 Å². The molecule has 1 aliphatic heterocycles. The van der Waals surface area contributed by atoms with Gasteiger partial charge in [0.05, 0.1) is 9.50 Å². The first-order chi connectivity index (χ1) is 11.1. The number of carbonyl (C=O) groups is 1. The van der Waals surface area contributed by atoms with Crippen LogP contribution in [0.25, 0.3) is 0 Å². The number of rotatable bonds is 1. The molecule has 0 saturated heterocycles. The molecule has 0 aliphatic carbocycles. The molecule has 1 unspecified atom stereocenters. The van der Waals surface area contributed by atoms with Gasteiger partial charge in [0.2, 0.25) is 0 Å². The number of hydrogen-bond donors (Lipinski definition) is 1. The molecular formula is C14H8BrClF3N3O2. The third kappa shape index (κ3) is 2.42. The molecule has 0 bridgehead atoms. The Hall–Kier alpha value is -1.87. The van der Waals surface area contributed by atoms with Gasteiger partial charge in [-0.05, 0) is 41.1 Å². The summed E-state index contributed by atoms with van der Waals surface area (Å²) in [6, 6.07) is 3.36. The summed E-state index contributed by atoms with van der Waals surface area (Å²) < 4.78 is 39.9. The Balaban J connectivity index is 2.30. The first-order valence-electron chi connectivity index (χ1n) is 6.53. The molecule has 1 aliphatic rings. The molecule has 126 valence electrons. The van der Waals surface area contributed by atoms with E-state index in [1.54, 1.807) is 0 Å². The van der Waals surface area contributed by atoms with Gasteiger partial charge in [-0.15, -0.1) is 0 Å². The normalized spacial score (nSPS) is 20.0. The summed E-state index contributed by atoms with van der Waals surface area (Å²) in [6.07, 6.45) is -3.68. The Morgan fingerprint density at radius 1 is 1.33 bits per heavy atom. The number of halogens is 5. The summed E-state index contributed by atoms with van der Waals surface area (Å²) in [5.41, 5.74) is -3.32. The van der Waals surface area contributed by atoms with E-state index in [0.29, 0.717) is 0 Å². The molecular weight excluding hydrogens is 415 g/mol. The number of alkyl halides is 3. The third-order valence-corrected chi connectivity index (χ3v) is 4.60. The monoisotopic (exact) mass is 421 g/mol. The van der Waals surface area contributed by atoms with Crippen molar-refractivity contribution in [1.29, 1.82) is 0 Å². The largest absolute Gasteiger partial charge is 0.433 e. The molecule has 1 amide bonds. The minimum absolute atomic E-state index is 0.00722. The second-order valence-corrected chi connectivity index (χ2v) is 6.54. The highest BCUT2D eigenvalue weighted by Crippen LogP contribution is 2.35. The molecule has 3 heterocycles. The van der Waals surface area contributed by atoms with Gasteiger partial charge in [-0.25, -0.2) is 0 Å². The molecule has 3 rings (SSSR count). The van der Waals surface area contributed by atoms with E-state index in [1.165, 1.54) is 19.1 Å². The Bertz CT molecular complexity index is 928. The van der Waals surface area contributed by atoms with Crippen LogP contribution in [0.4, 0.5) is 13.2 Å². The third-order valence-electron chi connectivity index (χ3n) is 3.74. The van der Waals surface area contributed by atoms with Crippen molar-refractivity contribution in [3.8, 4) is 0 Å². The van der Waals surface area contributed by atoms with E-state index < -0.39 is 29.0 Å². The number of amides is 1. The zero-order valence-corrected chi connectivity index (χ0v) is 14.3. The van der Waals surface area contributed by atoms with Crippen molar-refractivity contribution in [3.63, 3.8) is 0 Å². The number of nitrogens with zero attached hydrogens (tertiary/aromatic N) is 2. The molecule has 10 heteroatoms. The van der Waals surface area contributed by atoms with Crippen LogP contribution in [-0.2, 0) is 11.8 Å². The summed E-state index contributed by atoms with van der Waals surface area (Å²) in [4.78, 5) is 28.0. The fraction of sp³-hybridized carbons (Fsp3) is 0.214. The summed E-state index contributed by atoms with van der Waals surface area (Å²) >= 11 is 9.06. The van der Waals surface area contributed by atoms with E-state index in [9.17, 15) is 22.8 Å². The molecule has 0 saturated carbocycles. The van der Waals surface area contributed by atoms with Crippen LogP contribution in [0, 0.1) is 0 Å².